The number of halogens is 1. The zero-order valence-corrected chi connectivity index (χ0v) is 19.3. The lowest BCUT2D eigenvalue weighted by Gasteiger charge is -2.19. The second kappa shape index (κ2) is 9.15. The van der Waals surface area contributed by atoms with Crippen molar-refractivity contribution in [2.45, 2.75) is 10.3 Å². The van der Waals surface area contributed by atoms with E-state index in [1.54, 1.807) is 60.2 Å². The lowest BCUT2D eigenvalue weighted by molar-refractivity contribution is 0.0941. The van der Waals surface area contributed by atoms with Crippen LogP contribution in [0.5, 0.6) is 0 Å². The predicted molar refractivity (Wildman–Crippen MR) is 126 cm³/mol. The molecule has 0 saturated heterocycles. The SMILES string of the molecule is Cn1ccnc1[C@H](NC(=O)c1ccc(NS(=O)(=O)c2cccs2)cc1)c1ccc(Cl)cc1. The molecular weight excluding hydrogens is 468 g/mol. The Bertz CT molecular complexity index is 1320. The molecule has 0 unspecified atom stereocenters. The summed E-state index contributed by atoms with van der Waals surface area (Å²) in [5.41, 5.74) is 1.59. The van der Waals surface area contributed by atoms with E-state index in [1.807, 2.05) is 23.7 Å². The van der Waals surface area contributed by atoms with Crippen LogP contribution in [0, 0.1) is 0 Å². The van der Waals surface area contributed by atoms with Crippen LogP contribution in [0.1, 0.15) is 27.8 Å². The van der Waals surface area contributed by atoms with Crippen molar-refractivity contribution in [1.82, 2.24) is 14.9 Å². The summed E-state index contributed by atoms with van der Waals surface area (Å²) in [6.45, 7) is 0. The Morgan fingerprint density at radius 3 is 2.41 bits per heavy atom. The van der Waals surface area contributed by atoms with Crippen molar-refractivity contribution >= 4 is 44.6 Å². The van der Waals surface area contributed by atoms with Crippen LogP contribution in [0.25, 0.3) is 0 Å². The van der Waals surface area contributed by atoms with Crippen molar-refractivity contribution in [1.29, 1.82) is 0 Å². The maximum Gasteiger partial charge on any atom is 0.271 e. The Kier molecular flexibility index (Phi) is 6.31. The number of anilines is 1. The van der Waals surface area contributed by atoms with Crippen LogP contribution >= 0.6 is 22.9 Å². The van der Waals surface area contributed by atoms with Crippen molar-refractivity contribution in [3.63, 3.8) is 0 Å². The Morgan fingerprint density at radius 2 is 1.81 bits per heavy atom. The summed E-state index contributed by atoms with van der Waals surface area (Å²) < 4.78 is 29.3. The molecule has 1 atom stereocenters. The van der Waals surface area contributed by atoms with Gasteiger partial charge in [-0.25, -0.2) is 13.4 Å². The number of benzene rings is 2. The Labute approximate surface area is 194 Å². The van der Waals surface area contributed by atoms with Gasteiger partial charge in [-0.1, -0.05) is 29.8 Å². The number of hydrogen-bond acceptors (Lipinski definition) is 5. The summed E-state index contributed by atoms with van der Waals surface area (Å²) in [4.78, 5) is 17.4. The summed E-state index contributed by atoms with van der Waals surface area (Å²) >= 11 is 7.14. The molecule has 1 amide bonds. The van der Waals surface area contributed by atoms with Crippen LogP contribution in [0.3, 0.4) is 0 Å². The number of thiophene rings is 1. The van der Waals surface area contributed by atoms with Crippen LogP contribution in [0.15, 0.2) is 82.6 Å². The maximum atomic E-state index is 13.0. The Hall–Kier alpha value is -3.14. The number of nitrogens with zero attached hydrogens (tertiary/aromatic N) is 2. The van der Waals surface area contributed by atoms with E-state index >= 15 is 0 Å². The van der Waals surface area contributed by atoms with Crippen LogP contribution in [-0.4, -0.2) is 23.9 Å². The number of carbonyl (C=O) groups excluding carboxylic acids is 1. The first-order chi connectivity index (χ1) is 15.3. The molecule has 2 aromatic carbocycles. The van der Waals surface area contributed by atoms with Crippen molar-refractivity contribution in [3.05, 3.63) is 100 Å². The fourth-order valence-electron chi connectivity index (χ4n) is 3.13. The zero-order chi connectivity index (χ0) is 22.7. The lowest BCUT2D eigenvalue weighted by atomic mass is 10.1. The molecule has 2 N–H and O–H groups in total. The number of carbonyl (C=O) groups is 1. The van der Waals surface area contributed by atoms with E-state index < -0.39 is 16.1 Å². The van der Waals surface area contributed by atoms with Gasteiger partial charge in [-0.15, -0.1) is 11.3 Å². The number of amides is 1. The van der Waals surface area contributed by atoms with Crippen molar-refractivity contribution < 1.29 is 13.2 Å². The molecule has 32 heavy (non-hydrogen) atoms. The molecule has 2 aromatic heterocycles. The first kappa shape index (κ1) is 22.1. The largest absolute Gasteiger partial charge is 0.338 e. The summed E-state index contributed by atoms with van der Waals surface area (Å²) in [5.74, 6) is 0.349. The van der Waals surface area contributed by atoms with Crippen molar-refractivity contribution in [2.75, 3.05) is 4.72 Å². The minimum Gasteiger partial charge on any atom is -0.338 e. The third kappa shape index (κ3) is 4.85. The van der Waals surface area contributed by atoms with E-state index in [2.05, 4.69) is 15.0 Å². The number of rotatable bonds is 7. The molecule has 0 bridgehead atoms. The average molecular weight is 487 g/mol. The Morgan fingerprint density at radius 1 is 1.09 bits per heavy atom. The quantitative estimate of drug-likeness (QED) is 0.403. The first-order valence-corrected chi connectivity index (χ1v) is 12.3. The molecule has 0 aliphatic heterocycles. The number of hydrogen-bond donors (Lipinski definition) is 2. The number of aromatic nitrogens is 2. The second-order valence-corrected chi connectivity index (χ2v) is 10.3. The minimum absolute atomic E-state index is 0.222. The molecule has 4 rings (SSSR count). The standard InChI is InChI=1S/C22H19ClN4O3S2/c1-27-13-12-24-21(27)20(15-4-8-17(23)9-5-15)25-22(28)16-6-10-18(11-7-16)26-32(29,30)19-3-2-14-31-19/h2-14,20,26H,1H3,(H,25,28)/t20-/m1/s1. The highest BCUT2D eigenvalue weighted by Gasteiger charge is 2.22. The van der Waals surface area contributed by atoms with Gasteiger partial charge >= 0.3 is 0 Å². The van der Waals surface area contributed by atoms with E-state index in [9.17, 15) is 13.2 Å². The molecule has 0 spiro atoms. The molecule has 10 heteroatoms. The van der Waals surface area contributed by atoms with Gasteiger partial charge in [0.15, 0.2) is 0 Å². The first-order valence-electron chi connectivity index (χ1n) is 9.53. The molecule has 2 heterocycles. The van der Waals surface area contributed by atoms with Gasteiger partial charge in [-0.05, 0) is 53.4 Å². The zero-order valence-electron chi connectivity index (χ0n) is 16.9. The molecule has 0 radical (unpaired) electrons. The summed E-state index contributed by atoms with van der Waals surface area (Å²) in [7, 11) is -1.80. The topological polar surface area (TPSA) is 93.1 Å². The molecule has 0 saturated carbocycles. The van der Waals surface area contributed by atoms with E-state index in [0.717, 1.165) is 16.9 Å². The number of imidazole rings is 1. The molecule has 0 aliphatic carbocycles. The van der Waals surface area contributed by atoms with Gasteiger partial charge in [0.25, 0.3) is 15.9 Å². The molecular formula is C22H19ClN4O3S2. The number of sulfonamides is 1. The molecule has 164 valence electrons. The van der Waals surface area contributed by atoms with E-state index in [-0.39, 0.29) is 10.1 Å². The van der Waals surface area contributed by atoms with Gasteiger partial charge in [0.05, 0.1) is 0 Å². The molecule has 0 fully saturated rings. The molecule has 7 nitrogen and oxygen atoms in total. The minimum atomic E-state index is -3.65. The van der Waals surface area contributed by atoms with Gasteiger partial charge in [0.2, 0.25) is 0 Å². The third-order valence-electron chi connectivity index (χ3n) is 4.75. The number of aryl methyl sites for hydroxylation is 1. The molecule has 0 aliphatic rings. The summed E-state index contributed by atoms with van der Waals surface area (Å²) in [5, 5.41) is 5.29. The smallest absolute Gasteiger partial charge is 0.271 e. The van der Waals surface area contributed by atoms with Crippen LogP contribution in [0.2, 0.25) is 5.02 Å². The highest BCUT2D eigenvalue weighted by Crippen LogP contribution is 2.24. The van der Waals surface area contributed by atoms with Gasteiger partial charge < -0.3 is 9.88 Å². The fraction of sp³-hybridized carbons (Fsp3) is 0.0909. The summed E-state index contributed by atoms with van der Waals surface area (Å²) in [6.07, 6.45) is 3.47. The van der Waals surface area contributed by atoms with Crippen molar-refractivity contribution in [2.24, 2.45) is 7.05 Å². The van der Waals surface area contributed by atoms with Gasteiger partial charge in [-0.3, -0.25) is 9.52 Å². The lowest BCUT2D eigenvalue weighted by Crippen LogP contribution is -2.31. The van der Waals surface area contributed by atoms with E-state index in [4.69, 9.17) is 11.6 Å². The second-order valence-electron chi connectivity index (χ2n) is 6.97. The number of nitrogens with one attached hydrogen (secondary N) is 2. The fourth-order valence-corrected chi connectivity index (χ4v) is 5.31. The summed E-state index contributed by atoms with van der Waals surface area (Å²) in [6, 6.07) is 16.1. The average Bonchev–Trinajstić information content (AvgIpc) is 3.45. The predicted octanol–water partition coefficient (Wildman–Crippen LogP) is 4.46. The normalized spacial score (nSPS) is 12.3. The third-order valence-corrected chi connectivity index (χ3v) is 7.79. The molecule has 4 aromatic rings. The highest BCUT2D eigenvalue weighted by atomic mass is 35.5. The van der Waals surface area contributed by atoms with Crippen LogP contribution in [0.4, 0.5) is 5.69 Å². The maximum absolute atomic E-state index is 13.0. The van der Waals surface area contributed by atoms with Crippen LogP contribution < -0.4 is 10.0 Å². The monoisotopic (exact) mass is 486 g/mol. The van der Waals surface area contributed by atoms with E-state index in [1.165, 1.54) is 6.07 Å². The van der Waals surface area contributed by atoms with Crippen molar-refractivity contribution in [3.8, 4) is 0 Å². The van der Waals surface area contributed by atoms with Crippen LogP contribution in [-0.2, 0) is 17.1 Å². The van der Waals surface area contributed by atoms with Gasteiger partial charge in [0, 0.05) is 35.7 Å². The van der Waals surface area contributed by atoms with E-state index in [0.29, 0.717) is 22.1 Å². The van der Waals surface area contributed by atoms with Gasteiger partial charge in [-0.2, -0.15) is 0 Å². The highest BCUT2D eigenvalue weighted by molar-refractivity contribution is 7.94. The van der Waals surface area contributed by atoms with Gasteiger partial charge in [0.1, 0.15) is 16.1 Å². The Balaban J connectivity index is 1.54.